The summed E-state index contributed by atoms with van der Waals surface area (Å²) >= 11 is 0. The quantitative estimate of drug-likeness (QED) is 0.822. The van der Waals surface area contributed by atoms with Crippen LogP contribution in [0.3, 0.4) is 0 Å². The summed E-state index contributed by atoms with van der Waals surface area (Å²) in [5, 5.41) is 6.43. The normalized spacial score (nSPS) is 25.0. The molecule has 0 bridgehead atoms. The van der Waals surface area contributed by atoms with E-state index in [1.165, 1.54) is 0 Å². The molecule has 0 spiro atoms. The lowest BCUT2D eigenvalue weighted by Crippen LogP contribution is -2.49. The number of carbonyl (C=O) groups excluding carboxylic acids is 2. The molecule has 2 N–H and O–H groups in total. The van der Waals surface area contributed by atoms with Crippen LogP contribution in [-0.4, -0.2) is 67.9 Å². The lowest BCUT2D eigenvalue weighted by molar-refractivity contribution is -0.141. The van der Waals surface area contributed by atoms with E-state index in [1.54, 1.807) is 11.9 Å². The van der Waals surface area contributed by atoms with Crippen molar-refractivity contribution in [2.75, 3.05) is 46.3 Å². The lowest BCUT2D eigenvalue weighted by atomic mass is 9.84. The van der Waals surface area contributed by atoms with E-state index in [-0.39, 0.29) is 23.8 Å². The SMILES string of the molecule is CN1C(=O)CCC(C(=O)NCCN2CCNCC2)C1c1ccccc1. The largest absolute Gasteiger partial charge is 0.354 e. The molecule has 25 heavy (non-hydrogen) atoms. The highest BCUT2D eigenvalue weighted by Gasteiger charge is 2.38. The van der Waals surface area contributed by atoms with Crippen LogP contribution in [0, 0.1) is 5.92 Å². The standard InChI is InChI=1S/C19H28N4O2/c1-22-17(24)8-7-16(18(22)15-5-3-2-4-6-15)19(25)21-11-14-23-12-9-20-10-13-23/h2-6,16,18,20H,7-14H2,1H3,(H,21,25). The lowest BCUT2D eigenvalue weighted by Gasteiger charge is -2.38. The molecule has 0 aliphatic carbocycles. The molecule has 2 heterocycles. The van der Waals surface area contributed by atoms with Crippen molar-refractivity contribution in [3.8, 4) is 0 Å². The van der Waals surface area contributed by atoms with Gasteiger partial charge in [-0.15, -0.1) is 0 Å². The zero-order valence-corrected chi connectivity index (χ0v) is 14.9. The van der Waals surface area contributed by atoms with E-state index in [0.29, 0.717) is 19.4 Å². The van der Waals surface area contributed by atoms with Crippen LogP contribution in [-0.2, 0) is 9.59 Å². The number of nitrogens with zero attached hydrogens (tertiary/aromatic N) is 2. The van der Waals surface area contributed by atoms with E-state index in [0.717, 1.165) is 38.3 Å². The molecule has 2 fully saturated rings. The van der Waals surface area contributed by atoms with Gasteiger partial charge in [-0.3, -0.25) is 14.5 Å². The Morgan fingerprint density at radius 2 is 1.96 bits per heavy atom. The summed E-state index contributed by atoms with van der Waals surface area (Å²) in [5.41, 5.74) is 1.03. The van der Waals surface area contributed by atoms with E-state index in [4.69, 9.17) is 0 Å². The molecule has 3 rings (SSSR count). The van der Waals surface area contributed by atoms with Gasteiger partial charge in [0.25, 0.3) is 0 Å². The van der Waals surface area contributed by atoms with Crippen molar-refractivity contribution in [1.29, 1.82) is 0 Å². The number of hydrogen-bond donors (Lipinski definition) is 2. The zero-order chi connectivity index (χ0) is 17.6. The molecule has 2 saturated heterocycles. The van der Waals surface area contributed by atoms with E-state index in [1.807, 2.05) is 30.3 Å². The van der Waals surface area contributed by atoms with Gasteiger partial charge in [0.05, 0.1) is 12.0 Å². The summed E-state index contributed by atoms with van der Waals surface area (Å²) in [7, 11) is 1.81. The molecule has 2 aliphatic heterocycles. The summed E-state index contributed by atoms with van der Waals surface area (Å²) in [4.78, 5) is 29.0. The van der Waals surface area contributed by atoms with Crippen LogP contribution in [0.4, 0.5) is 0 Å². The number of piperidine rings is 1. The van der Waals surface area contributed by atoms with Gasteiger partial charge in [-0.1, -0.05) is 30.3 Å². The van der Waals surface area contributed by atoms with Crippen LogP contribution in [0.15, 0.2) is 30.3 Å². The van der Waals surface area contributed by atoms with Crippen LogP contribution in [0.25, 0.3) is 0 Å². The van der Waals surface area contributed by atoms with Crippen LogP contribution in [0.1, 0.15) is 24.4 Å². The minimum Gasteiger partial charge on any atom is -0.354 e. The molecular formula is C19H28N4O2. The zero-order valence-electron chi connectivity index (χ0n) is 14.9. The summed E-state index contributed by atoms with van der Waals surface area (Å²) < 4.78 is 0. The maximum Gasteiger partial charge on any atom is 0.225 e. The van der Waals surface area contributed by atoms with Crippen molar-refractivity contribution in [3.05, 3.63) is 35.9 Å². The van der Waals surface area contributed by atoms with Crippen molar-refractivity contribution < 1.29 is 9.59 Å². The van der Waals surface area contributed by atoms with Gasteiger partial charge in [-0.25, -0.2) is 0 Å². The average Bonchev–Trinajstić information content (AvgIpc) is 2.65. The Bertz CT molecular complexity index is 586. The van der Waals surface area contributed by atoms with Gasteiger partial charge < -0.3 is 15.5 Å². The number of benzene rings is 1. The fraction of sp³-hybridized carbons (Fsp3) is 0.579. The Kier molecular flexibility index (Phi) is 6.04. The molecule has 2 atom stereocenters. The molecule has 0 saturated carbocycles. The number of rotatable bonds is 5. The first-order valence-corrected chi connectivity index (χ1v) is 9.18. The maximum atomic E-state index is 12.8. The van der Waals surface area contributed by atoms with Crippen molar-refractivity contribution in [3.63, 3.8) is 0 Å². The summed E-state index contributed by atoms with van der Waals surface area (Å²) in [5.74, 6) is -0.0184. The molecule has 6 heteroatoms. The second-order valence-electron chi connectivity index (χ2n) is 6.89. The van der Waals surface area contributed by atoms with Crippen LogP contribution in [0.2, 0.25) is 0 Å². The Morgan fingerprint density at radius 1 is 1.24 bits per heavy atom. The van der Waals surface area contributed by atoms with E-state index >= 15 is 0 Å². The first-order valence-electron chi connectivity index (χ1n) is 9.18. The van der Waals surface area contributed by atoms with E-state index in [9.17, 15) is 9.59 Å². The number of likely N-dealkylation sites (tertiary alicyclic amines) is 1. The third-order valence-electron chi connectivity index (χ3n) is 5.28. The highest BCUT2D eigenvalue weighted by atomic mass is 16.2. The summed E-state index contributed by atoms with van der Waals surface area (Å²) in [6.07, 6.45) is 1.05. The number of amides is 2. The molecule has 2 aliphatic rings. The smallest absolute Gasteiger partial charge is 0.225 e. The fourth-order valence-electron chi connectivity index (χ4n) is 3.82. The third kappa shape index (κ3) is 4.38. The first kappa shape index (κ1) is 17.9. The van der Waals surface area contributed by atoms with Gasteiger partial charge >= 0.3 is 0 Å². The van der Waals surface area contributed by atoms with E-state index < -0.39 is 0 Å². The van der Waals surface area contributed by atoms with Crippen molar-refractivity contribution in [2.45, 2.75) is 18.9 Å². The number of hydrogen-bond acceptors (Lipinski definition) is 4. The van der Waals surface area contributed by atoms with Gasteiger partial charge in [0.15, 0.2) is 0 Å². The van der Waals surface area contributed by atoms with Crippen molar-refractivity contribution in [2.24, 2.45) is 5.92 Å². The molecule has 1 aromatic carbocycles. The highest BCUT2D eigenvalue weighted by Crippen LogP contribution is 2.35. The average molecular weight is 344 g/mol. The molecule has 2 unspecified atom stereocenters. The Morgan fingerprint density at radius 3 is 2.68 bits per heavy atom. The second-order valence-corrected chi connectivity index (χ2v) is 6.89. The number of nitrogens with one attached hydrogen (secondary N) is 2. The summed E-state index contributed by atoms with van der Waals surface area (Å²) in [6, 6.07) is 9.70. The highest BCUT2D eigenvalue weighted by molar-refractivity contribution is 5.84. The summed E-state index contributed by atoms with van der Waals surface area (Å²) in [6.45, 7) is 5.63. The maximum absolute atomic E-state index is 12.8. The fourth-order valence-corrected chi connectivity index (χ4v) is 3.82. The van der Waals surface area contributed by atoms with Crippen molar-refractivity contribution in [1.82, 2.24) is 20.4 Å². The Labute approximate surface area is 149 Å². The number of piperazine rings is 1. The van der Waals surface area contributed by atoms with Crippen LogP contribution < -0.4 is 10.6 Å². The van der Waals surface area contributed by atoms with E-state index in [2.05, 4.69) is 15.5 Å². The Hall–Kier alpha value is -1.92. The third-order valence-corrected chi connectivity index (χ3v) is 5.28. The molecule has 0 aromatic heterocycles. The van der Waals surface area contributed by atoms with Gasteiger partial charge in [0, 0.05) is 52.7 Å². The molecule has 2 amide bonds. The second kappa shape index (κ2) is 8.45. The van der Waals surface area contributed by atoms with Gasteiger partial charge in [0.1, 0.15) is 0 Å². The van der Waals surface area contributed by atoms with Crippen molar-refractivity contribution >= 4 is 11.8 Å². The van der Waals surface area contributed by atoms with Crippen LogP contribution >= 0.6 is 0 Å². The van der Waals surface area contributed by atoms with Crippen LogP contribution in [0.5, 0.6) is 0 Å². The number of carbonyl (C=O) groups is 2. The van der Waals surface area contributed by atoms with Gasteiger partial charge in [-0.05, 0) is 12.0 Å². The monoisotopic (exact) mass is 344 g/mol. The molecule has 1 aromatic rings. The molecule has 6 nitrogen and oxygen atoms in total. The minimum absolute atomic E-state index is 0.0586. The van der Waals surface area contributed by atoms with Gasteiger partial charge in [-0.2, -0.15) is 0 Å². The predicted octanol–water partition coefficient (Wildman–Crippen LogP) is 0.618. The topological polar surface area (TPSA) is 64.7 Å². The minimum atomic E-state index is -0.187. The Balaban J connectivity index is 1.61. The molecular weight excluding hydrogens is 316 g/mol. The molecule has 136 valence electrons. The van der Waals surface area contributed by atoms with Gasteiger partial charge in [0.2, 0.25) is 11.8 Å². The predicted molar refractivity (Wildman–Crippen MR) is 97.0 cm³/mol. The molecule has 0 radical (unpaired) electrons. The first-order chi connectivity index (χ1) is 12.2.